The van der Waals surface area contributed by atoms with Crippen molar-refractivity contribution in [3.05, 3.63) is 35.9 Å². The first kappa shape index (κ1) is 16.2. The zero-order chi connectivity index (χ0) is 17.5. The molecule has 4 heteroatoms. The molecule has 2 fully saturated rings. The fourth-order valence-electron chi connectivity index (χ4n) is 5.45. The summed E-state index contributed by atoms with van der Waals surface area (Å²) in [5.74, 6) is 3.29. The lowest BCUT2D eigenvalue weighted by Gasteiger charge is -2.43. The van der Waals surface area contributed by atoms with E-state index in [1.165, 1.54) is 31.2 Å². The summed E-state index contributed by atoms with van der Waals surface area (Å²) < 4.78 is 11.1. The van der Waals surface area contributed by atoms with Gasteiger partial charge >= 0.3 is 0 Å². The minimum Gasteiger partial charge on any atom is -0.454 e. The van der Waals surface area contributed by atoms with E-state index in [1.54, 1.807) is 0 Å². The molecule has 0 spiro atoms. The van der Waals surface area contributed by atoms with E-state index in [2.05, 4.69) is 29.2 Å². The number of allylic oxidation sites excluding steroid dienone is 2. The lowest BCUT2D eigenvalue weighted by molar-refractivity contribution is -0.138. The Morgan fingerprint density at radius 2 is 1.77 bits per heavy atom. The second kappa shape index (κ2) is 6.64. The second-order valence-corrected chi connectivity index (χ2v) is 8.19. The number of carbonyl (C=O) groups excluding carboxylic acids is 1. The zero-order valence-electron chi connectivity index (χ0n) is 15.2. The minimum atomic E-state index is 0.0729. The highest BCUT2D eigenvalue weighted by Gasteiger charge is 2.44. The summed E-state index contributed by atoms with van der Waals surface area (Å²) in [4.78, 5) is 15.6. The van der Waals surface area contributed by atoms with Gasteiger partial charge in [-0.15, -0.1) is 0 Å². The topological polar surface area (TPSA) is 38.8 Å². The molecular weight excluding hydrogens is 326 g/mol. The number of ether oxygens (including phenoxy) is 2. The van der Waals surface area contributed by atoms with E-state index in [4.69, 9.17) is 9.47 Å². The first-order chi connectivity index (χ1) is 12.8. The Labute approximate surface area is 155 Å². The third-order valence-electron chi connectivity index (χ3n) is 6.77. The van der Waals surface area contributed by atoms with Gasteiger partial charge in [-0.1, -0.05) is 31.1 Å². The Kier molecular flexibility index (Phi) is 4.14. The minimum absolute atomic E-state index is 0.0729. The molecule has 26 heavy (non-hydrogen) atoms. The van der Waals surface area contributed by atoms with E-state index in [0.717, 1.165) is 37.4 Å². The predicted molar refractivity (Wildman–Crippen MR) is 99.2 cm³/mol. The molecular formula is C22H27NO3. The van der Waals surface area contributed by atoms with Gasteiger partial charge in [-0.05, 0) is 55.2 Å². The molecule has 3 unspecified atom stereocenters. The standard InChI is InChI=1S/C22H27NO3/c24-22(23-11-3-4-12-23)21-17-6-2-1-5-15(17)7-9-18(21)16-8-10-19-20(13-16)26-14-25-19/h7-10,13,15,17-18,21H,1-6,11-12,14H2/t15?,17?,18-,21?/m1/s1. The number of hydrogen-bond acceptors (Lipinski definition) is 3. The van der Waals surface area contributed by atoms with Gasteiger partial charge in [0.05, 0.1) is 5.92 Å². The predicted octanol–water partition coefficient (Wildman–Crippen LogP) is 4.11. The molecule has 4 atom stereocenters. The van der Waals surface area contributed by atoms with Crippen LogP contribution >= 0.6 is 0 Å². The molecule has 1 aromatic carbocycles. The van der Waals surface area contributed by atoms with Gasteiger partial charge in [0, 0.05) is 19.0 Å². The number of fused-ring (bicyclic) bond motifs is 2. The fraction of sp³-hybridized carbons (Fsp3) is 0.591. The van der Waals surface area contributed by atoms with Crippen molar-refractivity contribution in [1.82, 2.24) is 4.90 Å². The van der Waals surface area contributed by atoms with Crippen LogP contribution in [-0.4, -0.2) is 30.7 Å². The van der Waals surface area contributed by atoms with Crippen molar-refractivity contribution >= 4 is 5.91 Å². The van der Waals surface area contributed by atoms with Gasteiger partial charge in [-0.2, -0.15) is 0 Å². The van der Waals surface area contributed by atoms with Crippen molar-refractivity contribution in [2.24, 2.45) is 17.8 Å². The summed E-state index contributed by atoms with van der Waals surface area (Å²) in [6.45, 7) is 2.16. The SMILES string of the molecule is O=C(C1C2CCCCC2C=C[C@@H]1c1ccc2c(c1)OCO2)N1CCCC1. The van der Waals surface area contributed by atoms with Crippen LogP contribution in [0, 0.1) is 17.8 Å². The molecule has 1 aromatic rings. The third-order valence-corrected chi connectivity index (χ3v) is 6.77. The van der Waals surface area contributed by atoms with E-state index < -0.39 is 0 Å². The van der Waals surface area contributed by atoms with Gasteiger partial charge in [-0.25, -0.2) is 0 Å². The van der Waals surface area contributed by atoms with E-state index in [9.17, 15) is 4.79 Å². The number of carbonyl (C=O) groups is 1. The molecule has 0 aromatic heterocycles. The van der Waals surface area contributed by atoms with Crippen molar-refractivity contribution in [2.45, 2.75) is 44.4 Å². The normalized spacial score (nSPS) is 32.5. The maximum atomic E-state index is 13.5. The summed E-state index contributed by atoms with van der Waals surface area (Å²) in [7, 11) is 0. The van der Waals surface area contributed by atoms with E-state index in [0.29, 0.717) is 24.5 Å². The molecule has 4 nitrogen and oxygen atoms in total. The van der Waals surface area contributed by atoms with Crippen molar-refractivity contribution in [1.29, 1.82) is 0 Å². The monoisotopic (exact) mass is 353 g/mol. The van der Waals surface area contributed by atoms with Crippen LogP contribution in [0.2, 0.25) is 0 Å². The fourth-order valence-corrected chi connectivity index (χ4v) is 5.45. The molecule has 1 saturated carbocycles. The summed E-state index contributed by atoms with van der Waals surface area (Å²) in [5, 5.41) is 0. The molecule has 5 rings (SSSR count). The van der Waals surface area contributed by atoms with Crippen molar-refractivity contribution in [3.63, 3.8) is 0 Å². The Hall–Kier alpha value is -1.97. The lowest BCUT2D eigenvalue weighted by Crippen LogP contribution is -2.44. The van der Waals surface area contributed by atoms with Gasteiger partial charge in [0.25, 0.3) is 0 Å². The first-order valence-electron chi connectivity index (χ1n) is 10.2. The number of likely N-dealkylation sites (tertiary alicyclic amines) is 1. The van der Waals surface area contributed by atoms with Crippen molar-refractivity contribution in [3.8, 4) is 11.5 Å². The third kappa shape index (κ3) is 2.70. The number of benzene rings is 1. The van der Waals surface area contributed by atoms with Gasteiger partial charge in [0.1, 0.15) is 0 Å². The van der Waals surface area contributed by atoms with Crippen LogP contribution in [0.25, 0.3) is 0 Å². The molecule has 0 bridgehead atoms. The summed E-state index contributed by atoms with van der Waals surface area (Å²) in [6.07, 6.45) is 12.0. The molecule has 2 heterocycles. The molecule has 138 valence electrons. The Bertz CT molecular complexity index is 722. The molecule has 0 N–H and O–H groups in total. The number of amides is 1. The molecule has 4 aliphatic rings. The number of nitrogens with zero attached hydrogens (tertiary/aromatic N) is 1. The highest BCUT2D eigenvalue weighted by molar-refractivity contribution is 5.81. The van der Waals surface area contributed by atoms with Crippen LogP contribution in [0.3, 0.4) is 0 Å². The summed E-state index contributed by atoms with van der Waals surface area (Å²) in [5.41, 5.74) is 1.19. The Morgan fingerprint density at radius 1 is 0.962 bits per heavy atom. The summed E-state index contributed by atoms with van der Waals surface area (Å²) in [6, 6.07) is 6.20. The average Bonchev–Trinajstić information content (AvgIpc) is 3.37. The van der Waals surface area contributed by atoms with Crippen LogP contribution in [0.5, 0.6) is 11.5 Å². The lowest BCUT2D eigenvalue weighted by atomic mass is 9.63. The van der Waals surface area contributed by atoms with Gasteiger partial charge in [-0.3, -0.25) is 4.79 Å². The maximum absolute atomic E-state index is 13.5. The van der Waals surface area contributed by atoms with Gasteiger partial charge in [0.15, 0.2) is 11.5 Å². The van der Waals surface area contributed by atoms with E-state index in [1.807, 2.05) is 6.07 Å². The van der Waals surface area contributed by atoms with Crippen LogP contribution < -0.4 is 9.47 Å². The number of hydrogen-bond donors (Lipinski definition) is 0. The Morgan fingerprint density at radius 3 is 2.65 bits per heavy atom. The second-order valence-electron chi connectivity index (χ2n) is 8.19. The van der Waals surface area contributed by atoms with Crippen LogP contribution in [0.4, 0.5) is 0 Å². The number of rotatable bonds is 2. The van der Waals surface area contributed by atoms with Gasteiger partial charge in [0.2, 0.25) is 12.7 Å². The maximum Gasteiger partial charge on any atom is 0.231 e. The largest absolute Gasteiger partial charge is 0.454 e. The van der Waals surface area contributed by atoms with E-state index in [-0.39, 0.29) is 11.8 Å². The van der Waals surface area contributed by atoms with Gasteiger partial charge < -0.3 is 14.4 Å². The molecule has 2 aliphatic heterocycles. The van der Waals surface area contributed by atoms with E-state index >= 15 is 0 Å². The molecule has 1 amide bonds. The quantitative estimate of drug-likeness (QED) is 0.751. The molecule has 0 radical (unpaired) electrons. The van der Waals surface area contributed by atoms with Crippen LogP contribution in [0.1, 0.15) is 50.0 Å². The Balaban J connectivity index is 1.51. The van der Waals surface area contributed by atoms with Crippen molar-refractivity contribution in [2.75, 3.05) is 19.9 Å². The zero-order valence-corrected chi connectivity index (χ0v) is 15.2. The average molecular weight is 353 g/mol. The highest BCUT2D eigenvalue weighted by atomic mass is 16.7. The van der Waals surface area contributed by atoms with Crippen molar-refractivity contribution < 1.29 is 14.3 Å². The first-order valence-corrected chi connectivity index (χ1v) is 10.2. The molecule has 2 aliphatic carbocycles. The summed E-state index contributed by atoms with van der Waals surface area (Å²) >= 11 is 0. The van der Waals surface area contributed by atoms with Crippen LogP contribution in [0.15, 0.2) is 30.4 Å². The highest BCUT2D eigenvalue weighted by Crippen LogP contribution is 2.48. The van der Waals surface area contributed by atoms with Crippen LogP contribution in [-0.2, 0) is 4.79 Å². The smallest absolute Gasteiger partial charge is 0.231 e. The molecule has 1 saturated heterocycles.